The molecule has 5 nitrogen and oxygen atoms in total. The Bertz CT molecular complexity index is 1090. The number of hydrogen-bond donors (Lipinski definition) is 0. The van der Waals surface area contributed by atoms with Crippen molar-refractivity contribution < 1.29 is 4.79 Å². The standard InChI is InChI=1S/C22H22Cl2N4O/c1-4-19-25-21-20(27(19)12-15-8-6-5-7-14(15)2)22(29)26(3)13-28(21)18-10-9-16(23)11-17(18)24/h5-11H,4,12-13H2,1-3H3. The summed E-state index contributed by atoms with van der Waals surface area (Å²) in [6, 6.07) is 13.6. The van der Waals surface area contributed by atoms with Gasteiger partial charge in [0, 0.05) is 25.0 Å². The molecule has 0 bridgehead atoms. The highest BCUT2D eigenvalue weighted by Gasteiger charge is 2.35. The van der Waals surface area contributed by atoms with Crippen molar-refractivity contribution in [2.75, 3.05) is 18.6 Å². The Morgan fingerprint density at radius 2 is 1.90 bits per heavy atom. The summed E-state index contributed by atoms with van der Waals surface area (Å²) in [5, 5.41) is 1.09. The van der Waals surface area contributed by atoms with E-state index in [0.29, 0.717) is 34.8 Å². The first-order valence-electron chi connectivity index (χ1n) is 9.52. The van der Waals surface area contributed by atoms with E-state index < -0.39 is 0 Å². The van der Waals surface area contributed by atoms with Crippen molar-refractivity contribution in [3.63, 3.8) is 0 Å². The molecule has 0 N–H and O–H groups in total. The van der Waals surface area contributed by atoms with Crippen molar-refractivity contribution >= 4 is 40.6 Å². The Morgan fingerprint density at radius 3 is 2.59 bits per heavy atom. The largest absolute Gasteiger partial charge is 0.322 e. The molecule has 0 unspecified atom stereocenters. The number of carbonyl (C=O) groups excluding carboxylic acids is 1. The molecule has 0 atom stereocenters. The molecular weight excluding hydrogens is 407 g/mol. The molecule has 1 aliphatic heterocycles. The lowest BCUT2D eigenvalue weighted by Gasteiger charge is -2.34. The maximum atomic E-state index is 13.1. The summed E-state index contributed by atoms with van der Waals surface area (Å²) in [6.45, 7) is 5.10. The first-order chi connectivity index (χ1) is 13.9. The van der Waals surface area contributed by atoms with Crippen molar-refractivity contribution in [2.45, 2.75) is 26.8 Å². The number of nitrogens with zero attached hydrogens (tertiary/aromatic N) is 4. The first-order valence-corrected chi connectivity index (χ1v) is 10.3. The van der Waals surface area contributed by atoms with Gasteiger partial charge in [-0.05, 0) is 36.2 Å². The molecule has 0 saturated heterocycles. The molecule has 4 rings (SSSR count). The number of anilines is 2. The van der Waals surface area contributed by atoms with Gasteiger partial charge in [-0.25, -0.2) is 4.98 Å². The molecule has 0 saturated carbocycles. The summed E-state index contributed by atoms with van der Waals surface area (Å²) < 4.78 is 2.03. The summed E-state index contributed by atoms with van der Waals surface area (Å²) in [4.78, 5) is 21.7. The predicted molar refractivity (Wildman–Crippen MR) is 117 cm³/mol. The minimum atomic E-state index is -0.0397. The summed E-state index contributed by atoms with van der Waals surface area (Å²) in [5.41, 5.74) is 3.72. The topological polar surface area (TPSA) is 41.4 Å². The molecule has 0 fully saturated rings. The van der Waals surface area contributed by atoms with Gasteiger partial charge in [0.1, 0.15) is 5.82 Å². The lowest BCUT2D eigenvalue weighted by Crippen LogP contribution is -2.43. The van der Waals surface area contributed by atoms with Crippen LogP contribution in [0.15, 0.2) is 42.5 Å². The van der Waals surface area contributed by atoms with E-state index in [0.717, 1.165) is 17.9 Å². The molecule has 0 aliphatic carbocycles. The molecule has 2 aromatic carbocycles. The Labute approximate surface area is 180 Å². The molecule has 29 heavy (non-hydrogen) atoms. The minimum Gasteiger partial charge on any atom is -0.322 e. The highest BCUT2D eigenvalue weighted by atomic mass is 35.5. The smallest absolute Gasteiger partial charge is 0.275 e. The first kappa shape index (κ1) is 19.8. The lowest BCUT2D eigenvalue weighted by molar-refractivity contribution is 0.0776. The monoisotopic (exact) mass is 428 g/mol. The normalized spacial score (nSPS) is 13.8. The van der Waals surface area contributed by atoms with Gasteiger partial charge in [-0.2, -0.15) is 0 Å². The Hall–Kier alpha value is -2.50. The number of fused-ring (bicyclic) bond motifs is 1. The second-order valence-corrected chi connectivity index (χ2v) is 8.08. The van der Waals surface area contributed by atoms with Gasteiger partial charge < -0.3 is 14.4 Å². The highest BCUT2D eigenvalue weighted by molar-refractivity contribution is 6.36. The van der Waals surface area contributed by atoms with Crippen molar-refractivity contribution in [1.29, 1.82) is 0 Å². The van der Waals surface area contributed by atoms with E-state index >= 15 is 0 Å². The van der Waals surface area contributed by atoms with Crippen LogP contribution in [0.3, 0.4) is 0 Å². The van der Waals surface area contributed by atoms with E-state index in [1.165, 1.54) is 11.1 Å². The third-order valence-electron chi connectivity index (χ3n) is 5.29. The van der Waals surface area contributed by atoms with Crippen molar-refractivity contribution in [3.05, 3.63) is 75.2 Å². The number of benzene rings is 2. The quantitative estimate of drug-likeness (QED) is 0.566. The molecule has 2 heterocycles. The van der Waals surface area contributed by atoms with Gasteiger partial charge in [-0.1, -0.05) is 54.4 Å². The summed E-state index contributed by atoms with van der Waals surface area (Å²) >= 11 is 12.6. The zero-order chi connectivity index (χ0) is 20.7. The Morgan fingerprint density at radius 1 is 1.14 bits per heavy atom. The van der Waals surface area contributed by atoms with Crippen LogP contribution in [0.2, 0.25) is 10.0 Å². The van der Waals surface area contributed by atoms with Crippen LogP contribution in [0, 0.1) is 6.92 Å². The zero-order valence-electron chi connectivity index (χ0n) is 16.6. The van der Waals surface area contributed by atoms with Crippen LogP contribution < -0.4 is 4.90 Å². The van der Waals surface area contributed by atoms with Crippen LogP contribution in [-0.4, -0.2) is 34.1 Å². The van der Waals surface area contributed by atoms with Crippen LogP contribution >= 0.6 is 23.2 Å². The lowest BCUT2D eigenvalue weighted by atomic mass is 10.1. The number of aromatic nitrogens is 2. The zero-order valence-corrected chi connectivity index (χ0v) is 18.1. The van der Waals surface area contributed by atoms with Gasteiger partial charge in [0.25, 0.3) is 5.91 Å². The van der Waals surface area contributed by atoms with Crippen LogP contribution in [-0.2, 0) is 13.0 Å². The number of carbonyl (C=O) groups is 1. The summed E-state index contributed by atoms with van der Waals surface area (Å²) in [6.07, 6.45) is 0.720. The Balaban J connectivity index is 1.87. The molecule has 3 aromatic rings. The fourth-order valence-corrected chi connectivity index (χ4v) is 4.21. The van der Waals surface area contributed by atoms with E-state index in [-0.39, 0.29) is 5.91 Å². The van der Waals surface area contributed by atoms with E-state index in [4.69, 9.17) is 28.2 Å². The fraction of sp³-hybridized carbons (Fsp3) is 0.273. The van der Waals surface area contributed by atoms with Gasteiger partial charge in [0.05, 0.1) is 17.4 Å². The van der Waals surface area contributed by atoms with E-state index in [1.54, 1.807) is 24.1 Å². The number of amides is 1. The molecule has 7 heteroatoms. The van der Waals surface area contributed by atoms with E-state index in [9.17, 15) is 4.79 Å². The number of aryl methyl sites for hydroxylation is 2. The van der Waals surface area contributed by atoms with Gasteiger partial charge in [0.15, 0.2) is 11.5 Å². The summed E-state index contributed by atoms with van der Waals surface area (Å²) in [5.74, 6) is 1.47. The summed E-state index contributed by atoms with van der Waals surface area (Å²) in [7, 11) is 1.79. The average Bonchev–Trinajstić information content (AvgIpc) is 3.05. The molecule has 0 spiro atoms. The molecule has 0 radical (unpaired) electrons. The number of imidazole rings is 1. The van der Waals surface area contributed by atoms with Crippen molar-refractivity contribution in [2.24, 2.45) is 0 Å². The third-order valence-corrected chi connectivity index (χ3v) is 5.83. The van der Waals surface area contributed by atoms with Crippen LogP contribution in [0.25, 0.3) is 0 Å². The van der Waals surface area contributed by atoms with Crippen LogP contribution in [0.5, 0.6) is 0 Å². The van der Waals surface area contributed by atoms with Crippen molar-refractivity contribution in [1.82, 2.24) is 14.5 Å². The second kappa shape index (κ2) is 7.73. The van der Waals surface area contributed by atoms with Crippen molar-refractivity contribution in [3.8, 4) is 0 Å². The van der Waals surface area contributed by atoms with Crippen LogP contribution in [0.4, 0.5) is 11.5 Å². The molecule has 1 aromatic heterocycles. The second-order valence-electron chi connectivity index (χ2n) is 7.23. The van der Waals surface area contributed by atoms with E-state index in [2.05, 4.69) is 26.0 Å². The maximum Gasteiger partial charge on any atom is 0.275 e. The predicted octanol–water partition coefficient (Wildman–Crippen LogP) is 5.29. The van der Waals surface area contributed by atoms with Gasteiger partial charge >= 0.3 is 0 Å². The molecular formula is C22H22Cl2N4O. The average molecular weight is 429 g/mol. The Kier molecular flexibility index (Phi) is 5.28. The minimum absolute atomic E-state index is 0.0397. The maximum absolute atomic E-state index is 13.1. The van der Waals surface area contributed by atoms with Gasteiger partial charge in [-0.3, -0.25) is 4.79 Å². The third kappa shape index (κ3) is 3.49. The number of halogens is 2. The van der Waals surface area contributed by atoms with E-state index in [1.807, 2.05) is 27.7 Å². The SMILES string of the molecule is CCc1nc2c(n1Cc1ccccc1C)C(=O)N(C)CN2c1ccc(Cl)cc1Cl. The highest BCUT2D eigenvalue weighted by Crippen LogP contribution is 2.38. The fourth-order valence-electron chi connectivity index (χ4n) is 3.70. The van der Waals surface area contributed by atoms with Gasteiger partial charge in [0.2, 0.25) is 0 Å². The molecule has 1 aliphatic rings. The molecule has 1 amide bonds. The number of rotatable bonds is 4. The number of hydrogen-bond acceptors (Lipinski definition) is 3. The molecule has 150 valence electrons. The van der Waals surface area contributed by atoms with Gasteiger partial charge in [-0.15, -0.1) is 0 Å². The van der Waals surface area contributed by atoms with Crippen LogP contribution in [0.1, 0.15) is 34.4 Å².